The van der Waals surface area contributed by atoms with Gasteiger partial charge >= 0.3 is 0 Å². The normalized spacial score (nSPS) is 17.7. The van der Waals surface area contributed by atoms with Crippen LogP contribution in [0, 0.1) is 0 Å². The van der Waals surface area contributed by atoms with Gasteiger partial charge in [0, 0.05) is 5.69 Å². The van der Waals surface area contributed by atoms with Gasteiger partial charge in [-0.3, -0.25) is 14.5 Å². The van der Waals surface area contributed by atoms with Gasteiger partial charge in [0.15, 0.2) is 11.5 Å². The molecule has 26 heavy (non-hydrogen) atoms. The zero-order chi connectivity index (χ0) is 19.1. The molecule has 134 valence electrons. The molecule has 0 fully saturated rings. The molecular formula is C18H16N2O5S. The number of Topliss-reactive ketones (excluding diaryl/α,β-unsaturated/α-hetero) is 1. The maximum atomic E-state index is 12.6. The van der Waals surface area contributed by atoms with Gasteiger partial charge in [0.25, 0.3) is 5.91 Å². The van der Waals surface area contributed by atoms with E-state index in [4.69, 9.17) is 5.14 Å². The summed E-state index contributed by atoms with van der Waals surface area (Å²) in [5.41, 5.74) is 0.974. The summed E-state index contributed by atoms with van der Waals surface area (Å²) < 4.78 is 22.8. The average Bonchev–Trinajstić information content (AvgIpc) is 2.87. The number of aliphatic hydroxyl groups is 1. The van der Waals surface area contributed by atoms with E-state index in [-0.39, 0.29) is 10.5 Å². The average molecular weight is 372 g/mol. The fourth-order valence-corrected chi connectivity index (χ4v) is 3.49. The summed E-state index contributed by atoms with van der Waals surface area (Å²) in [5.74, 6) is -1.76. The Kier molecular flexibility index (Phi) is 4.39. The first-order valence-corrected chi connectivity index (χ1v) is 9.22. The number of ketones is 1. The molecule has 1 aliphatic heterocycles. The molecule has 2 aromatic carbocycles. The second kappa shape index (κ2) is 6.40. The fraction of sp³-hybridized carbons (Fsp3) is 0.111. The van der Waals surface area contributed by atoms with Gasteiger partial charge in [0.1, 0.15) is 0 Å². The number of primary sulfonamides is 1. The minimum Gasteiger partial charge on any atom is -0.503 e. The minimum absolute atomic E-state index is 0.00303. The molecule has 0 spiro atoms. The molecule has 0 saturated heterocycles. The third-order valence-corrected chi connectivity index (χ3v) is 5.08. The Morgan fingerprint density at radius 2 is 1.65 bits per heavy atom. The Morgan fingerprint density at radius 3 is 2.15 bits per heavy atom. The van der Waals surface area contributed by atoms with Gasteiger partial charge < -0.3 is 5.11 Å². The van der Waals surface area contributed by atoms with Crippen molar-refractivity contribution in [3.63, 3.8) is 0 Å². The number of carbonyl (C=O) groups excluding carboxylic acids is 2. The van der Waals surface area contributed by atoms with Crippen molar-refractivity contribution in [1.82, 2.24) is 0 Å². The monoisotopic (exact) mass is 372 g/mol. The molecule has 0 radical (unpaired) electrons. The van der Waals surface area contributed by atoms with Crippen LogP contribution in [-0.4, -0.2) is 25.2 Å². The molecule has 1 atom stereocenters. The number of rotatable bonds is 4. The number of anilines is 1. The lowest BCUT2D eigenvalue weighted by atomic mass is 9.96. The summed E-state index contributed by atoms with van der Waals surface area (Å²) in [4.78, 5) is 25.8. The predicted octanol–water partition coefficient (Wildman–Crippen LogP) is 1.82. The first-order valence-electron chi connectivity index (χ1n) is 7.67. The molecule has 8 heteroatoms. The second-order valence-electron chi connectivity index (χ2n) is 5.85. The molecule has 3 N–H and O–H groups in total. The molecule has 0 unspecified atom stereocenters. The van der Waals surface area contributed by atoms with Crippen LogP contribution in [0.1, 0.15) is 18.5 Å². The summed E-state index contributed by atoms with van der Waals surface area (Å²) in [6.07, 6.45) is 0. The van der Waals surface area contributed by atoms with Crippen molar-refractivity contribution in [3.05, 3.63) is 71.5 Å². The van der Waals surface area contributed by atoms with Gasteiger partial charge in [-0.1, -0.05) is 30.3 Å². The number of nitrogens with zero attached hydrogens (tertiary/aromatic N) is 1. The highest BCUT2D eigenvalue weighted by Gasteiger charge is 2.43. The molecule has 3 rings (SSSR count). The lowest BCUT2D eigenvalue weighted by molar-refractivity contribution is -0.117. The molecule has 0 bridgehead atoms. The van der Waals surface area contributed by atoms with Gasteiger partial charge in [-0.2, -0.15) is 0 Å². The van der Waals surface area contributed by atoms with E-state index >= 15 is 0 Å². The Labute approximate surface area is 150 Å². The number of sulfonamides is 1. The summed E-state index contributed by atoms with van der Waals surface area (Å²) in [5, 5.41) is 15.3. The van der Waals surface area contributed by atoms with E-state index in [0.29, 0.717) is 11.3 Å². The van der Waals surface area contributed by atoms with Gasteiger partial charge in [-0.15, -0.1) is 0 Å². The van der Waals surface area contributed by atoms with Crippen LogP contribution < -0.4 is 10.0 Å². The Bertz CT molecular complexity index is 1010. The van der Waals surface area contributed by atoms with Crippen LogP contribution >= 0.6 is 0 Å². The second-order valence-corrected chi connectivity index (χ2v) is 7.41. The number of aliphatic hydroxyl groups excluding tert-OH is 1. The van der Waals surface area contributed by atoms with E-state index in [9.17, 15) is 23.1 Å². The first kappa shape index (κ1) is 17.8. The molecule has 1 aliphatic rings. The molecule has 1 heterocycles. The van der Waals surface area contributed by atoms with Crippen LogP contribution in [0.15, 0.2) is 70.8 Å². The maximum Gasteiger partial charge on any atom is 0.294 e. The predicted molar refractivity (Wildman–Crippen MR) is 94.8 cm³/mol. The van der Waals surface area contributed by atoms with Crippen molar-refractivity contribution in [2.75, 3.05) is 4.90 Å². The molecule has 0 aromatic heterocycles. The van der Waals surface area contributed by atoms with E-state index in [0.717, 1.165) is 0 Å². The summed E-state index contributed by atoms with van der Waals surface area (Å²) in [7, 11) is -3.87. The smallest absolute Gasteiger partial charge is 0.294 e. The van der Waals surface area contributed by atoms with Crippen molar-refractivity contribution in [1.29, 1.82) is 0 Å². The van der Waals surface area contributed by atoms with E-state index in [1.807, 2.05) is 0 Å². The summed E-state index contributed by atoms with van der Waals surface area (Å²) in [6, 6.07) is 13.3. The quantitative estimate of drug-likeness (QED) is 0.849. The first-order chi connectivity index (χ1) is 12.2. The summed E-state index contributed by atoms with van der Waals surface area (Å²) in [6.45, 7) is 1.28. The highest BCUT2D eigenvalue weighted by atomic mass is 32.2. The third-order valence-electron chi connectivity index (χ3n) is 4.15. The van der Waals surface area contributed by atoms with E-state index < -0.39 is 33.5 Å². The Hall–Kier alpha value is -2.97. The SMILES string of the molecule is CC(=O)C1=C(O)C(=O)N(c2ccc(S(N)(=O)=O)cc2)[C@@H]1c1ccccc1. The Morgan fingerprint density at radius 1 is 1.08 bits per heavy atom. The van der Waals surface area contributed by atoms with Crippen LogP contribution in [0.5, 0.6) is 0 Å². The largest absolute Gasteiger partial charge is 0.503 e. The van der Waals surface area contributed by atoms with Crippen LogP contribution in [0.3, 0.4) is 0 Å². The van der Waals surface area contributed by atoms with Gasteiger partial charge in [0.05, 0.1) is 16.5 Å². The molecule has 0 saturated carbocycles. The molecular weight excluding hydrogens is 356 g/mol. The zero-order valence-electron chi connectivity index (χ0n) is 13.8. The van der Waals surface area contributed by atoms with Crippen LogP contribution in [0.2, 0.25) is 0 Å². The standard InChI is InChI=1S/C18H16N2O5S/c1-11(21)15-16(12-5-3-2-4-6-12)20(18(23)17(15)22)13-7-9-14(10-8-13)26(19,24)25/h2-10,16,22H,1H3,(H2,19,24,25)/t16-/m1/s1. The number of hydrogen-bond acceptors (Lipinski definition) is 5. The molecule has 2 aromatic rings. The van der Waals surface area contributed by atoms with Gasteiger partial charge in [-0.25, -0.2) is 13.6 Å². The molecule has 1 amide bonds. The molecule has 7 nitrogen and oxygen atoms in total. The fourth-order valence-electron chi connectivity index (χ4n) is 2.98. The highest BCUT2D eigenvalue weighted by Crippen LogP contribution is 2.40. The Balaban J connectivity index is 2.13. The number of hydrogen-bond donors (Lipinski definition) is 2. The highest BCUT2D eigenvalue weighted by molar-refractivity contribution is 7.89. The lowest BCUT2D eigenvalue weighted by Crippen LogP contribution is -2.30. The van der Waals surface area contributed by atoms with Crippen molar-refractivity contribution in [2.24, 2.45) is 5.14 Å². The van der Waals surface area contributed by atoms with Crippen molar-refractivity contribution in [2.45, 2.75) is 17.9 Å². The van der Waals surface area contributed by atoms with Crippen LogP contribution in [-0.2, 0) is 19.6 Å². The van der Waals surface area contributed by atoms with E-state index in [2.05, 4.69) is 0 Å². The minimum atomic E-state index is -3.87. The topological polar surface area (TPSA) is 118 Å². The van der Waals surface area contributed by atoms with Crippen molar-refractivity contribution < 1.29 is 23.1 Å². The van der Waals surface area contributed by atoms with Gasteiger partial charge in [-0.05, 0) is 36.8 Å². The van der Waals surface area contributed by atoms with Crippen molar-refractivity contribution >= 4 is 27.4 Å². The number of carbonyl (C=O) groups is 2. The van der Waals surface area contributed by atoms with Crippen LogP contribution in [0.25, 0.3) is 0 Å². The zero-order valence-corrected chi connectivity index (χ0v) is 14.6. The van der Waals surface area contributed by atoms with Crippen LogP contribution in [0.4, 0.5) is 5.69 Å². The third kappa shape index (κ3) is 3.00. The lowest BCUT2D eigenvalue weighted by Gasteiger charge is -2.26. The summed E-state index contributed by atoms with van der Waals surface area (Å²) >= 11 is 0. The van der Waals surface area contributed by atoms with Gasteiger partial charge in [0.2, 0.25) is 10.0 Å². The van der Waals surface area contributed by atoms with E-state index in [1.165, 1.54) is 36.1 Å². The maximum absolute atomic E-state index is 12.6. The number of benzene rings is 2. The number of nitrogens with two attached hydrogens (primary N) is 1. The van der Waals surface area contributed by atoms with E-state index in [1.54, 1.807) is 30.3 Å². The molecule has 0 aliphatic carbocycles. The van der Waals surface area contributed by atoms with Crippen molar-refractivity contribution in [3.8, 4) is 0 Å². The number of amides is 1.